The fourth-order valence-electron chi connectivity index (χ4n) is 4.21. The van der Waals surface area contributed by atoms with Crippen LogP contribution in [0.3, 0.4) is 0 Å². The van der Waals surface area contributed by atoms with Gasteiger partial charge in [0.1, 0.15) is 35.4 Å². The van der Waals surface area contributed by atoms with Crippen LogP contribution in [0.1, 0.15) is 25.1 Å². The third-order valence-electron chi connectivity index (χ3n) is 6.14. The van der Waals surface area contributed by atoms with E-state index in [-0.39, 0.29) is 28.9 Å². The Morgan fingerprint density at radius 1 is 1.26 bits per heavy atom. The maximum Gasteiger partial charge on any atom is 0.236 e. The fourth-order valence-corrected chi connectivity index (χ4v) is 5.93. The van der Waals surface area contributed by atoms with E-state index in [0.717, 1.165) is 6.07 Å². The van der Waals surface area contributed by atoms with Crippen molar-refractivity contribution in [1.29, 1.82) is 5.26 Å². The van der Waals surface area contributed by atoms with Crippen LogP contribution in [-0.4, -0.2) is 35.1 Å². The molecule has 5 rings (SSSR count). The van der Waals surface area contributed by atoms with Gasteiger partial charge < -0.3 is 25.3 Å². The minimum absolute atomic E-state index is 0.00466. The number of nitriles is 1. The highest BCUT2D eigenvalue weighted by Crippen LogP contribution is 2.42. The number of nitrogens with zero attached hydrogens (tertiary/aromatic N) is 4. The van der Waals surface area contributed by atoms with Crippen LogP contribution in [0.15, 0.2) is 52.9 Å². The molecule has 3 heterocycles. The summed E-state index contributed by atoms with van der Waals surface area (Å²) >= 11 is 2.46. The topological polar surface area (TPSA) is 120 Å². The summed E-state index contributed by atoms with van der Waals surface area (Å²) in [4.78, 5) is 12.3. The lowest BCUT2D eigenvalue weighted by molar-refractivity contribution is -0.141. The van der Waals surface area contributed by atoms with Crippen molar-refractivity contribution in [2.45, 2.75) is 36.5 Å². The van der Waals surface area contributed by atoms with Crippen LogP contribution in [0.4, 0.5) is 31.1 Å². The Hall–Kier alpha value is -4.27. The number of halogens is 2. The lowest BCUT2D eigenvalue weighted by Crippen LogP contribution is -2.25. The van der Waals surface area contributed by atoms with Crippen molar-refractivity contribution < 1.29 is 23.0 Å². The van der Waals surface area contributed by atoms with Crippen LogP contribution in [0, 0.1) is 29.5 Å². The zero-order valence-corrected chi connectivity index (χ0v) is 24.1. The Bertz CT molecular complexity index is 1700. The van der Waals surface area contributed by atoms with Gasteiger partial charge in [-0.1, -0.05) is 30.0 Å². The molecule has 214 valence electrons. The summed E-state index contributed by atoms with van der Waals surface area (Å²) < 4.78 is 44.7. The standard InChI is InChI=1S/C29H24F2N6O3S2/c1-29(2)39-13-19(40-29)12-38-18-9-7-16(8-10-18)23-20(11-32)27(37-26(33)25(23)34-3)41-14-17-15-42-28(35-17)36-22-6-4-5-21(30)24(22)31/h4-10,15,19H,12-14H2,1-2H3,(H2,33,37)(H,35,36). The number of thiazole rings is 1. The van der Waals surface area contributed by atoms with Crippen molar-refractivity contribution >= 4 is 45.4 Å². The molecule has 4 aromatic rings. The van der Waals surface area contributed by atoms with Crippen LogP contribution < -0.4 is 15.8 Å². The Labute approximate surface area is 249 Å². The number of hydrogen-bond acceptors (Lipinski definition) is 10. The van der Waals surface area contributed by atoms with Crippen molar-refractivity contribution in [3.63, 3.8) is 0 Å². The summed E-state index contributed by atoms with van der Waals surface area (Å²) in [5.74, 6) is -1.67. The van der Waals surface area contributed by atoms with Crippen LogP contribution >= 0.6 is 23.1 Å². The molecule has 2 aromatic carbocycles. The molecule has 1 fully saturated rings. The highest BCUT2D eigenvalue weighted by Gasteiger charge is 2.33. The van der Waals surface area contributed by atoms with E-state index in [9.17, 15) is 14.0 Å². The van der Waals surface area contributed by atoms with Crippen molar-refractivity contribution in [2.24, 2.45) is 0 Å². The number of pyridine rings is 1. The summed E-state index contributed by atoms with van der Waals surface area (Å²) in [6.45, 7) is 12.1. The van der Waals surface area contributed by atoms with Gasteiger partial charge in [-0.25, -0.2) is 23.6 Å². The van der Waals surface area contributed by atoms with Crippen molar-refractivity contribution in [1.82, 2.24) is 9.97 Å². The summed E-state index contributed by atoms with van der Waals surface area (Å²) in [7, 11) is 0. The summed E-state index contributed by atoms with van der Waals surface area (Å²) in [5, 5.41) is 15.4. The van der Waals surface area contributed by atoms with Crippen molar-refractivity contribution in [2.75, 3.05) is 24.3 Å². The van der Waals surface area contributed by atoms with Gasteiger partial charge in [-0.3, -0.25) is 0 Å². The van der Waals surface area contributed by atoms with Gasteiger partial charge in [-0.05, 0) is 43.7 Å². The Kier molecular flexibility index (Phi) is 8.56. The van der Waals surface area contributed by atoms with Gasteiger partial charge in [0.15, 0.2) is 22.6 Å². The van der Waals surface area contributed by atoms with Crippen molar-refractivity contribution in [3.8, 4) is 22.9 Å². The van der Waals surface area contributed by atoms with Crippen LogP contribution in [0.5, 0.6) is 5.75 Å². The second-order valence-corrected chi connectivity index (χ2v) is 11.4. The molecule has 1 atom stereocenters. The first kappa shape index (κ1) is 29.2. The molecule has 1 unspecified atom stereocenters. The molecule has 3 N–H and O–H groups in total. The van der Waals surface area contributed by atoms with E-state index in [1.54, 1.807) is 29.6 Å². The van der Waals surface area contributed by atoms with Gasteiger partial charge in [-0.15, -0.1) is 11.3 Å². The molecule has 1 aliphatic rings. The molecule has 42 heavy (non-hydrogen) atoms. The summed E-state index contributed by atoms with van der Waals surface area (Å²) in [6.07, 6.45) is -0.190. The van der Waals surface area contributed by atoms with Gasteiger partial charge in [0, 0.05) is 16.7 Å². The first-order valence-electron chi connectivity index (χ1n) is 12.6. The maximum absolute atomic E-state index is 14.0. The number of hydrogen-bond donors (Lipinski definition) is 2. The van der Waals surface area contributed by atoms with Gasteiger partial charge in [-0.2, -0.15) is 5.26 Å². The molecular weight excluding hydrogens is 582 g/mol. The Morgan fingerprint density at radius 3 is 2.74 bits per heavy atom. The van der Waals surface area contributed by atoms with E-state index in [2.05, 4.69) is 26.2 Å². The first-order chi connectivity index (χ1) is 20.2. The third-order valence-corrected chi connectivity index (χ3v) is 7.95. The number of nitrogens with one attached hydrogen (secondary N) is 1. The number of anilines is 3. The lowest BCUT2D eigenvalue weighted by Gasteiger charge is -2.17. The monoisotopic (exact) mass is 606 g/mol. The average Bonchev–Trinajstić information content (AvgIpc) is 3.58. The second kappa shape index (κ2) is 12.3. The minimum atomic E-state index is -0.990. The Balaban J connectivity index is 1.32. The zero-order chi connectivity index (χ0) is 29.9. The number of rotatable bonds is 9. The number of aromatic nitrogens is 2. The predicted octanol–water partition coefficient (Wildman–Crippen LogP) is 7.05. The predicted molar refractivity (Wildman–Crippen MR) is 157 cm³/mol. The van der Waals surface area contributed by atoms with Gasteiger partial charge >= 0.3 is 0 Å². The van der Waals surface area contributed by atoms with Crippen LogP contribution in [0.2, 0.25) is 0 Å². The average molecular weight is 607 g/mol. The van der Waals surface area contributed by atoms with E-state index < -0.39 is 17.4 Å². The Morgan fingerprint density at radius 2 is 2.05 bits per heavy atom. The van der Waals surface area contributed by atoms with E-state index >= 15 is 0 Å². The molecule has 0 aliphatic carbocycles. The van der Waals surface area contributed by atoms with Crippen LogP contribution in [-0.2, 0) is 15.2 Å². The molecule has 0 spiro atoms. The molecule has 0 saturated carbocycles. The molecule has 1 saturated heterocycles. The number of nitrogens with two attached hydrogens (primary N) is 1. The largest absolute Gasteiger partial charge is 0.491 e. The molecule has 2 aromatic heterocycles. The van der Waals surface area contributed by atoms with E-state index in [4.69, 9.17) is 26.5 Å². The highest BCUT2D eigenvalue weighted by atomic mass is 32.2. The molecule has 0 bridgehead atoms. The van der Waals surface area contributed by atoms with Gasteiger partial charge in [0.2, 0.25) is 5.69 Å². The normalized spacial score (nSPS) is 15.6. The maximum atomic E-state index is 14.0. The quantitative estimate of drug-likeness (QED) is 0.152. The van der Waals surface area contributed by atoms with Crippen LogP contribution in [0.25, 0.3) is 16.0 Å². The van der Waals surface area contributed by atoms with Crippen molar-refractivity contribution in [3.05, 3.63) is 82.2 Å². The molecule has 1 aliphatic heterocycles. The molecule has 13 heteroatoms. The van der Waals surface area contributed by atoms with Gasteiger partial charge in [0.25, 0.3) is 0 Å². The second-order valence-electron chi connectivity index (χ2n) is 9.57. The lowest BCUT2D eigenvalue weighted by atomic mass is 10.00. The molecular formula is C29H24F2N6O3S2. The third kappa shape index (κ3) is 6.45. The fraction of sp³-hybridized carbons (Fsp3) is 0.241. The van der Waals surface area contributed by atoms with E-state index in [1.165, 1.54) is 35.2 Å². The number of nitrogen functional groups attached to an aromatic ring is 1. The summed E-state index contributed by atoms with van der Waals surface area (Å²) in [5.41, 5.74) is 8.05. The number of thioether (sulfide) groups is 1. The van der Waals surface area contributed by atoms with E-state index in [0.29, 0.717) is 51.7 Å². The first-order valence-corrected chi connectivity index (χ1v) is 14.5. The molecule has 9 nitrogen and oxygen atoms in total. The number of benzene rings is 2. The van der Waals surface area contributed by atoms with E-state index in [1.807, 2.05) is 13.8 Å². The van der Waals surface area contributed by atoms with Gasteiger partial charge in [0.05, 0.1) is 30.1 Å². The SMILES string of the molecule is [C-]#[N+]c1c(N)nc(SCc2csc(Nc3cccc(F)c3F)n2)c(C#N)c1-c1ccc(OCC2COC(C)(C)O2)cc1. The summed E-state index contributed by atoms with van der Waals surface area (Å²) in [6, 6.07) is 13.1. The molecule has 0 radical (unpaired) electrons. The highest BCUT2D eigenvalue weighted by molar-refractivity contribution is 7.98. The minimum Gasteiger partial charge on any atom is -0.491 e. The molecule has 0 amide bonds. The zero-order valence-electron chi connectivity index (χ0n) is 22.5. The number of ether oxygens (including phenoxy) is 3. The smallest absolute Gasteiger partial charge is 0.236 e.